The van der Waals surface area contributed by atoms with Crippen LogP contribution in [0.1, 0.15) is 26.2 Å². The Balaban J connectivity index is 1.95. The molecule has 0 aromatic carbocycles. The highest BCUT2D eigenvalue weighted by atomic mass is 16.5. The van der Waals surface area contributed by atoms with Crippen molar-refractivity contribution < 1.29 is 9.53 Å². The first-order chi connectivity index (χ1) is 10.7. The van der Waals surface area contributed by atoms with Gasteiger partial charge in [0.25, 0.3) is 0 Å². The van der Waals surface area contributed by atoms with Crippen LogP contribution in [-0.2, 0) is 9.53 Å². The second-order valence-corrected chi connectivity index (χ2v) is 5.32. The topological polar surface area (TPSA) is 29.5 Å². The zero-order chi connectivity index (χ0) is 15.8. The monoisotopic (exact) mass is 297 g/mol. The molecule has 0 bridgehead atoms. The first-order valence-electron chi connectivity index (χ1n) is 7.75. The van der Waals surface area contributed by atoms with Gasteiger partial charge in [-0.25, -0.2) is 0 Å². The molecule has 0 N–H and O–H groups in total. The van der Waals surface area contributed by atoms with Crippen LogP contribution in [0.25, 0.3) is 0 Å². The van der Waals surface area contributed by atoms with Gasteiger partial charge in [-0.1, -0.05) is 38.0 Å². The molecule has 0 atom stereocenters. The van der Waals surface area contributed by atoms with Crippen LogP contribution < -0.4 is 0 Å². The van der Waals surface area contributed by atoms with E-state index in [1.165, 1.54) is 32.4 Å². The van der Waals surface area contributed by atoms with E-state index in [4.69, 9.17) is 4.74 Å². The van der Waals surface area contributed by atoms with E-state index >= 15 is 0 Å². The minimum atomic E-state index is -0.0903. The first-order valence-corrected chi connectivity index (χ1v) is 7.75. The first kappa shape index (κ1) is 16.1. The molecule has 1 aliphatic heterocycles. The fourth-order valence-electron chi connectivity index (χ4n) is 2.25. The Morgan fingerprint density at radius 1 is 1.05 bits per heavy atom. The summed E-state index contributed by atoms with van der Waals surface area (Å²) in [6, 6.07) is 0. The fourth-order valence-corrected chi connectivity index (χ4v) is 2.25. The number of unbranched alkanes of at least 4 members (excludes halogenated alkanes) is 2. The molecule has 0 radical (unpaired) electrons. The van der Waals surface area contributed by atoms with Crippen LogP contribution in [0, 0.1) is 0 Å². The molecule has 3 heteroatoms. The number of allylic oxidation sites excluding steroid dienone is 9. The minimum absolute atomic E-state index is 0.0903. The molecule has 1 aliphatic carbocycles. The van der Waals surface area contributed by atoms with Gasteiger partial charge in [-0.3, -0.25) is 4.79 Å². The predicted molar refractivity (Wildman–Crippen MR) is 89.9 cm³/mol. The summed E-state index contributed by atoms with van der Waals surface area (Å²) in [7, 11) is 1.51. The molecule has 3 nitrogen and oxygen atoms in total. The summed E-state index contributed by atoms with van der Waals surface area (Å²) in [4.78, 5) is 13.7. The molecule has 0 unspecified atom stereocenters. The molecule has 1 heterocycles. The van der Waals surface area contributed by atoms with Crippen molar-refractivity contribution in [1.82, 2.24) is 4.90 Å². The number of nitrogens with zero attached hydrogens (tertiary/aromatic N) is 1. The molecule has 0 spiro atoms. The smallest absolute Gasteiger partial charge is 0.220 e. The summed E-state index contributed by atoms with van der Waals surface area (Å²) in [5, 5.41) is 0. The highest BCUT2D eigenvalue weighted by molar-refractivity contribution is 6.04. The van der Waals surface area contributed by atoms with Crippen LogP contribution in [0.2, 0.25) is 0 Å². The third-order valence-electron chi connectivity index (χ3n) is 3.59. The van der Waals surface area contributed by atoms with Crippen molar-refractivity contribution in [2.45, 2.75) is 26.2 Å². The molecular formula is C19H23NO2. The van der Waals surface area contributed by atoms with E-state index in [0.717, 1.165) is 17.7 Å². The summed E-state index contributed by atoms with van der Waals surface area (Å²) < 4.78 is 5.05. The molecule has 22 heavy (non-hydrogen) atoms. The SMILES string of the molecule is CCCCCN1C=CC(=CC=C2C=CC(=O)C(OC)=C2)C=C1. The maximum absolute atomic E-state index is 11.5. The Morgan fingerprint density at radius 3 is 2.45 bits per heavy atom. The lowest BCUT2D eigenvalue weighted by atomic mass is 10.1. The van der Waals surface area contributed by atoms with Crippen LogP contribution >= 0.6 is 0 Å². The molecule has 0 saturated heterocycles. The van der Waals surface area contributed by atoms with Gasteiger partial charge in [0.15, 0.2) is 5.76 Å². The molecule has 116 valence electrons. The number of methoxy groups -OCH3 is 1. The Bertz CT molecular complexity index is 573. The van der Waals surface area contributed by atoms with Crippen molar-refractivity contribution in [2.24, 2.45) is 0 Å². The van der Waals surface area contributed by atoms with Crippen molar-refractivity contribution in [3.05, 3.63) is 71.8 Å². The largest absolute Gasteiger partial charge is 0.493 e. The quantitative estimate of drug-likeness (QED) is 0.693. The van der Waals surface area contributed by atoms with Crippen LogP contribution in [0.4, 0.5) is 0 Å². The molecule has 0 amide bonds. The molecule has 2 aliphatic rings. The number of ether oxygens (including phenoxy) is 1. The van der Waals surface area contributed by atoms with Crippen molar-refractivity contribution in [1.29, 1.82) is 0 Å². The Hall–Kier alpha value is -2.29. The number of rotatable bonds is 6. The fraction of sp³-hybridized carbons (Fsp3) is 0.316. The standard InChI is InChI=1S/C19H23NO2/c1-3-4-5-12-20-13-10-16(11-14-20)6-7-17-8-9-18(21)19(15-17)22-2/h6-11,13-15H,3-5,12H2,1-2H3. The lowest BCUT2D eigenvalue weighted by Crippen LogP contribution is -2.13. The van der Waals surface area contributed by atoms with Crippen molar-refractivity contribution in [3.8, 4) is 0 Å². The number of ketones is 1. The normalized spacial score (nSPS) is 18.9. The minimum Gasteiger partial charge on any atom is -0.493 e. The second-order valence-electron chi connectivity index (χ2n) is 5.32. The zero-order valence-corrected chi connectivity index (χ0v) is 13.3. The van der Waals surface area contributed by atoms with E-state index < -0.39 is 0 Å². The molecular weight excluding hydrogens is 274 g/mol. The van der Waals surface area contributed by atoms with Crippen molar-refractivity contribution in [3.63, 3.8) is 0 Å². The van der Waals surface area contributed by atoms with E-state index in [1.807, 2.05) is 12.2 Å². The highest BCUT2D eigenvalue weighted by Gasteiger charge is 2.10. The van der Waals surface area contributed by atoms with Gasteiger partial charge in [0, 0.05) is 18.9 Å². The second kappa shape index (κ2) is 8.23. The lowest BCUT2D eigenvalue weighted by Gasteiger charge is -2.18. The Labute approximate surface area is 132 Å². The van der Waals surface area contributed by atoms with Gasteiger partial charge < -0.3 is 9.64 Å². The third kappa shape index (κ3) is 4.62. The number of carbonyl (C=O) groups excluding carboxylic acids is 1. The van der Waals surface area contributed by atoms with E-state index in [0.29, 0.717) is 5.76 Å². The van der Waals surface area contributed by atoms with E-state index in [-0.39, 0.29) is 5.78 Å². The molecule has 0 fully saturated rings. The molecule has 2 rings (SSSR count). The predicted octanol–water partition coefficient (Wildman–Crippen LogP) is 4.04. The van der Waals surface area contributed by atoms with Gasteiger partial charge in [-0.2, -0.15) is 0 Å². The molecule has 0 saturated carbocycles. The van der Waals surface area contributed by atoms with E-state index in [2.05, 4.69) is 36.4 Å². The average Bonchev–Trinajstić information content (AvgIpc) is 2.55. The van der Waals surface area contributed by atoms with Gasteiger partial charge in [-0.05, 0) is 41.9 Å². The lowest BCUT2D eigenvalue weighted by molar-refractivity contribution is -0.114. The Morgan fingerprint density at radius 2 is 1.77 bits per heavy atom. The van der Waals surface area contributed by atoms with Crippen LogP contribution in [0.3, 0.4) is 0 Å². The third-order valence-corrected chi connectivity index (χ3v) is 3.59. The number of carbonyl (C=O) groups is 1. The molecule has 0 aromatic rings. The highest BCUT2D eigenvalue weighted by Crippen LogP contribution is 2.15. The average molecular weight is 297 g/mol. The van der Waals surface area contributed by atoms with Crippen LogP contribution in [0.5, 0.6) is 0 Å². The van der Waals surface area contributed by atoms with Gasteiger partial charge in [-0.15, -0.1) is 0 Å². The van der Waals surface area contributed by atoms with Crippen LogP contribution in [-0.4, -0.2) is 24.3 Å². The molecule has 0 aromatic heterocycles. The van der Waals surface area contributed by atoms with Gasteiger partial charge in [0.05, 0.1) is 7.11 Å². The van der Waals surface area contributed by atoms with E-state index in [9.17, 15) is 4.79 Å². The van der Waals surface area contributed by atoms with Crippen molar-refractivity contribution >= 4 is 5.78 Å². The van der Waals surface area contributed by atoms with Gasteiger partial charge in [0.1, 0.15) is 0 Å². The van der Waals surface area contributed by atoms with Crippen LogP contribution in [0.15, 0.2) is 71.8 Å². The zero-order valence-electron chi connectivity index (χ0n) is 13.3. The number of hydrogen-bond donors (Lipinski definition) is 0. The summed E-state index contributed by atoms with van der Waals surface area (Å²) in [5.74, 6) is 0.288. The Kier molecular flexibility index (Phi) is 6.01. The summed E-state index contributed by atoms with van der Waals surface area (Å²) >= 11 is 0. The van der Waals surface area contributed by atoms with Crippen molar-refractivity contribution in [2.75, 3.05) is 13.7 Å². The van der Waals surface area contributed by atoms with E-state index in [1.54, 1.807) is 12.2 Å². The summed E-state index contributed by atoms with van der Waals surface area (Å²) in [6.07, 6.45) is 21.3. The maximum Gasteiger partial charge on any atom is 0.220 e. The summed E-state index contributed by atoms with van der Waals surface area (Å²) in [6.45, 7) is 3.28. The number of hydrogen-bond acceptors (Lipinski definition) is 3. The van der Waals surface area contributed by atoms with Gasteiger partial charge >= 0.3 is 0 Å². The summed E-state index contributed by atoms with van der Waals surface area (Å²) in [5.41, 5.74) is 2.09. The van der Waals surface area contributed by atoms with Gasteiger partial charge in [0.2, 0.25) is 5.78 Å². The maximum atomic E-state index is 11.5.